The number of ether oxygens (including phenoxy) is 3. The largest absolute Gasteiger partial charge is 0.456 e. The number of amides is 3. The van der Waals surface area contributed by atoms with E-state index in [1.807, 2.05) is 35.2 Å². The fourth-order valence-electron chi connectivity index (χ4n) is 8.52. The van der Waals surface area contributed by atoms with E-state index < -0.39 is 23.3 Å². The van der Waals surface area contributed by atoms with Crippen LogP contribution in [0.2, 0.25) is 0 Å². The number of carbonyl (C=O) groups excluding carboxylic acids is 3. The van der Waals surface area contributed by atoms with Gasteiger partial charge < -0.3 is 34.2 Å². The summed E-state index contributed by atoms with van der Waals surface area (Å²) in [5.41, 5.74) is 0.268. The quantitative estimate of drug-likeness (QED) is 0.246. The van der Waals surface area contributed by atoms with Crippen LogP contribution in [-0.2, 0) is 25.6 Å². The van der Waals surface area contributed by atoms with Gasteiger partial charge in [0.05, 0.1) is 31.5 Å². The van der Waals surface area contributed by atoms with E-state index in [1.54, 1.807) is 31.9 Å². The Morgan fingerprint density at radius 3 is 2.30 bits per heavy atom. The first-order valence-electron chi connectivity index (χ1n) is 21.8. The summed E-state index contributed by atoms with van der Waals surface area (Å²) in [4.78, 5) is 48.9. The molecule has 4 saturated heterocycles. The van der Waals surface area contributed by atoms with Gasteiger partial charge in [-0.1, -0.05) is 18.2 Å². The molecule has 4 aliphatic rings. The van der Waals surface area contributed by atoms with Crippen molar-refractivity contribution in [2.45, 2.75) is 89.6 Å². The van der Waals surface area contributed by atoms with E-state index >= 15 is 0 Å². The van der Waals surface area contributed by atoms with Crippen LogP contribution in [0.25, 0.3) is 0 Å². The number of aromatic nitrogens is 2. The topological polar surface area (TPSA) is 133 Å². The first kappa shape index (κ1) is 44.1. The molecule has 330 valence electrons. The smallest absolute Gasteiger partial charge is 0.411 e. The van der Waals surface area contributed by atoms with Crippen molar-refractivity contribution in [2.24, 2.45) is 0 Å². The maximum absolute atomic E-state index is 14.6. The molecule has 2 aromatic carbocycles. The van der Waals surface area contributed by atoms with Crippen LogP contribution in [0.15, 0.2) is 54.7 Å². The van der Waals surface area contributed by atoms with Crippen molar-refractivity contribution >= 4 is 23.7 Å². The fourth-order valence-corrected chi connectivity index (χ4v) is 8.52. The predicted octanol–water partition coefficient (Wildman–Crippen LogP) is 5.57. The highest BCUT2D eigenvalue weighted by atomic mass is 19.1. The maximum atomic E-state index is 14.6. The van der Waals surface area contributed by atoms with Crippen LogP contribution < -0.4 is 15.0 Å². The van der Waals surface area contributed by atoms with Gasteiger partial charge in [-0.3, -0.25) is 19.4 Å². The number of piperidine rings is 3. The number of anilines is 1. The second kappa shape index (κ2) is 20.3. The summed E-state index contributed by atoms with van der Waals surface area (Å²) in [6, 6.07) is 12.9. The molecule has 16 heteroatoms. The molecule has 7 rings (SSSR count). The fraction of sp³-hybridized carbons (Fsp3) is 0.578. The number of hydrogen-bond donors (Lipinski definition) is 1. The zero-order valence-corrected chi connectivity index (χ0v) is 35.7. The number of hydrogen-bond acceptors (Lipinski definition) is 11. The van der Waals surface area contributed by atoms with Crippen LogP contribution in [0.5, 0.6) is 11.5 Å². The van der Waals surface area contributed by atoms with Gasteiger partial charge in [0.2, 0.25) is 11.8 Å². The molecule has 0 spiro atoms. The molecule has 1 N–H and O–H groups in total. The van der Waals surface area contributed by atoms with Gasteiger partial charge in [0.1, 0.15) is 29.5 Å². The first-order chi connectivity index (χ1) is 29.3. The molecular weight excluding hydrogens is 787 g/mol. The maximum Gasteiger partial charge on any atom is 0.411 e. The summed E-state index contributed by atoms with van der Waals surface area (Å²) >= 11 is 0. The normalized spacial score (nSPS) is 19.8. The van der Waals surface area contributed by atoms with Gasteiger partial charge in [0, 0.05) is 89.1 Å². The lowest BCUT2D eigenvalue weighted by atomic mass is 9.90. The second-order valence-corrected chi connectivity index (χ2v) is 17.6. The molecule has 4 aliphatic heterocycles. The minimum absolute atomic E-state index is 0.0274. The Balaban J connectivity index is 0.887. The average Bonchev–Trinajstić information content (AvgIpc) is 3.25. The van der Waals surface area contributed by atoms with E-state index in [9.17, 15) is 23.2 Å². The molecule has 14 nitrogen and oxygen atoms in total. The molecule has 0 radical (unpaired) electrons. The Morgan fingerprint density at radius 2 is 1.57 bits per heavy atom. The van der Waals surface area contributed by atoms with Crippen LogP contribution >= 0.6 is 0 Å². The van der Waals surface area contributed by atoms with Crippen LogP contribution in [0, 0.1) is 11.6 Å². The minimum Gasteiger partial charge on any atom is -0.456 e. The Hall–Kier alpha value is -4.93. The van der Waals surface area contributed by atoms with Crippen LogP contribution in [0.3, 0.4) is 0 Å². The van der Waals surface area contributed by atoms with Gasteiger partial charge >= 0.3 is 6.09 Å². The monoisotopic (exact) mass is 846 g/mol. The van der Waals surface area contributed by atoms with Crippen LogP contribution in [0.4, 0.5) is 19.4 Å². The Kier molecular flexibility index (Phi) is 14.7. The van der Waals surface area contributed by atoms with Crippen molar-refractivity contribution in [1.29, 1.82) is 0 Å². The number of rotatable bonds is 12. The van der Waals surface area contributed by atoms with Crippen molar-refractivity contribution < 1.29 is 37.4 Å². The van der Waals surface area contributed by atoms with Crippen LogP contribution in [0.1, 0.15) is 76.3 Å². The van der Waals surface area contributed by atoms with Crippen molar-refractivity contribution in [3.05, 3.63) is 77.5 Å². The molecule has 3 amide bonds. The zero-order valence-electron chi connectivity index (χ0n) is 35.7. The van der Waals surface area contributed by atoms with Gasteiger partial charge in [0.15, 0.2) is 11.6 Å². The minimum atomic E-state index is -0.835. The number of benzene rings is 2. The Labute approximate surface area is 357 Å². The van der Waals surface area contributed by atoms with E-state index in [0.29, 0.717) is 31.1 Å². The number of likely N-dealkylation sites (tertiary alicyclic amines) is 2. The summed E-state index contributed by atoms with van der Waals surface area (Å²) in [5, 5.41) is 12.0. The number of nitrogens with zero attached hydrogens (tertiary/aromatic N) is 7. The second-order valence-electron chi connectivity index (χ2n) is 17.6. The number of piperazine rings is 1. The third-order valence-corrected chi connectivity index (χ3v) is 11.8. The summed E-state index contributed by atoms with van der Waals surface area (Å²) in [6.07, 6.45) is 6.54. The lowest BCUT2D eigenvalue weighted by molar-refractivity contribution is -0.134. The van der Waals surface area contributed by atoms with E-state index in [2.05, 4.69) is 25.3 Å². The highest BCUT2D eigenvalue weighted by molar-refractivity contribution is 5.82. The van der Waals surface area contributed by atoms with Crippen molar-refractivity contribution in [3.8, 4) is 11.5 Å². The first-order valence-corrected chi connectivity index (χ1v) is 21.8. The molecule has 4 fully saturated rings. The molecular formula is C45H60F2N8O6. The summed E-state index contributed by atoms with van der Waals surface area (Å²) < 4.78 is 46.7. The SMILES string of the molecule is CC(C)(C)OC(=O)N(CC(=O)N1CCCC(c2cccc(Oc3cnnc(N4CCC(OC5CCN(CC(=O)N6CCNCC6)CC5)CC4)c3)c2)C1)Cc1ccc(F)cc1F. The third-order valence-electron chi connectivity index (χ3n) is 11.8. The van der Waals surface area contributed by atoms with Gasteiger partial charge in [0.25, 0.3) is 0 Å². The summed E-state index contributed by atoms with van der Waals surface area (Å²) in [7, 11) is 0. The average molecular weight is 847 g/mol. The lowest BCUT2D eigenvalue weighted by Crippen LogP contribution is -2.51. The molecule has 1 unspecified atom stereocenters. The Bertz CT molecular complexity index is 1960. The van der Waals surface area contributed by atoms with E-state index in [4.69, 9.17) is 14.2 Å². The summed E-state index contributed by atoms with van der Waals surface area (Å²) in [5.74, 6) is 0.409. The highest BCUT2D eigenvalue weighted by Crippen LogP contribution is 2.32. The van der Waals surface area contributed by atoms with Crippen molar-refractivity contribution in [2.75, 3.05) is 83.4 Å². The molecule has 1 aromatic heterocycles. The van der Waals surface area contributed by atoms with E-state index in [1.165, 1.54) is 11.0 Å². The number of nitrogens with one attached hydrogen (secondary N) is 1. The summed E-state index contributed by atoms with van der Waals surface area (Å²) in [6.45, 7) is 12.7. The Morgan fingerprint density at radius 1 is 0.836 bits per heavy atom. The molecule has 0 bridgehead atoms. The van der Waals surface area contributed by atoms with Crippen LogP contribution in [-0.4, -0.2) is 144 Å². The van der Waals surface area contributed by atoms with Gasteiger partial charge in [-0.15, -0.1) is 5.10 Å². The van der Waals surface area contributed by atoms with Crippen molar-refractivity contribution in [1.82, 2.24) is 35.1 Å². The number of carbonyl (C=O) groups is 3. The predicted molar refractivity (Wildman–Crippen MR) is 225 cm³/mol. The van der Waals surface area contributed by atoms with Gasteiger partial charge in [-0.2, -0.15) is 5.10 Å². The highest BCUT2D eigenvalue weighted by Gasteiger charge is 2.31. The van der Waals surface area contributed by atoms with Gasteiger partial charge in [-0.05, 0) is 83.1 Å². The standard InChI is InChI=1S/C45H60F2N8O6/c1-45(2,3)61-44(58)55(29-34-9-10-35(46)25-40(34)47)31-43(57)54-17-5-7-33(28-54)32-6-4-8-38(24-32)60-39-26-41(50-49-27-39)52-20-13-37(14-21-52)59-36-11-18-51(19-12-36)30-42(56)53-22-15-48-16-23-53/h4,6,8-10,24-27,33,36-37,48H,5,7,11-23,28-31H2,1-3H3. The van der Waals surface area contributed by atoms with Gasteiger partial charge in [-0.25, -0.2) is 13.6 Å². The molecule has 1 atom stereocenters. The van der Waals surface area contributed by atoms with Crippen molar-refractivity contribution in [3.63, 3.8) is 0 Å². The van der Waals surface area contributed by atoms with E-state index in [-0.39, 0.29) is 48.6 Å². The molecule has 0 aliphatic carbocycles. The molecule has 3 aromatic rings. The third kappa shape index (κ3) is 12.6. The molecule has 61 heavy (non-hydrogen) atoms. The zero-order chi connectivity index (χ0) is 42.9. The molecule has 5 heterocycles. The molecule has 0 saturated carbocycles. The lowest BCUT2D eigenvalue weighted by Gasteiger charge is -2.38. The number of halogens is 2. The van der Waals surface area contributed by atoms with E-state index in [0.717, 1.165) is 114 Å².